The van der Waals surface area contributed by atoms with Gasteiger partial charge in [-0.25, -0.2) is 0 Å². The van der Waals surface area contributed by atoms with Crippen LogP contribution in [0, 0.1) is 5.92 Å². The number of carbonyl (C=O) groups is 1. The van der Waals surface area contributed by atoms with E-state index < -0.39 is 0 Å². The molecule has 2 aliphatic rings. The quantitative estimate of drug-likeness (QED) is 0.685. The number of benzene rings is 2. The highest BCUT2D eigenvalue weighted by Crippen LogP contribution is 2.50. The highest BCUT2D eigenvalue weighted by atomic mass is 16.5. The van der Waals surface area contributed by atoms with Crippen LogP contribution in [-0.2, 0) is 0 Å². The van der Waals surface area contributed by atoms with Gasteiger partial charge in [0.1, 0.15) is 0 Å². The van der Waals surface area contributed by atoms with Gasteiger partial charge in [-0.3, -0.25) is 4.79 Å². The van der Waals surface area contributed by atoms with Gasteiger partial charge < -0.3 is 19.7 Å². The van der Waals surface area contributed by atoms with Crippen molar-refractivity contribution in [1.82, 2.24) is 4.90 Å². The average molecular weight is 407 g/mol. The van der Waals surface area contributed by atoms with E-state index in [0.717, 1.165) is 42.3 Å². The summed E-state index contributed by atoms with van der Waals surface area (Å²) in [6.07, 6.45) is 5.56. The number of methoxy groups -OCH3 is 2. The van der Waals surface area contributed by atoms with Crippen LogP contribution in [0.2, 0.25) is 0 Å². The number of allylic oxidation sites excluding steroid dienone is 2. The average Bonchev–Trinajstić information content (AvgIpc) is 3.28. The van der Waals surface area contributed by atoms with E-state index in [0.29, 0.717) is 11.8 Å². The highest BCUT2D eigenvalue weighted by molar-refractivity contribution is 5.95. The molecule has 0 aromatic heterocycles. The van der Waals surface area contributed by atoms with Gasteiger partial charge in [0.2, 0.25) is 0 Å². The first-order chi connectivity index (χ1) is 14.6. The zero-order valence-corrected chi connectivity index (χ0v) is 18.1. The zero-order valence-electron chi connectivity index (χ0n) is 18.1. The fourth-order valence-corrected chi connectivity index (χ4v) is 4.80. The summed E-state index contributed by atoms with van der Waals surface area (Å²) in [6.45, 7) is 5.48. The third-order valence-electron chi connectivity index (χ3n) is 6.43. The molecule has 0 saturated heterocycles. The van der Waals surface area contributed by atoms with E-state index in [1.165, 1.54) is 11.1 Å². The molecule has 3 unspecified atom stereocenters. The Balaban J connectivity index is 1.69. The number of ether oxygens (including phenoxy) is 2. The number of nitrogens with one attached hydrogen (secondary N) is 1. The molecule has 5 nitrogen and oxygen atoms in total. The van der Waals surface area contributed by atoms with Crippen LogP contribution < -0.4 is 14.8 Å². The van der Waals surface area contributed by atoms with Gasteiger partial charge in [0.05, 0.1) is 20.3 Å². The first-order valence-corrected chi connectivity index (χ1v) is 10.7. The molecule has 1 aliphatic carbocycles. The van der Waals surface area contributed by atoms with E-state index in [1.54, 1.807) is 14.2 Å². The molecule has 0 radical (unpaired) electrons. The number of rotatable bonds is 6. The molecule has 5 heteroatoms. The van der Waals surface area contributed by atoms with Gasteiger partial charge in [-0.1, -0.05) is 18.2 Å². The third kappa shape index (κ3) is 3.42. The minimum atomic E-state index is 0.100. The second-order valence-electron chi connectivity index (χ2n) is 7.87. The molecule has 0 saturated carbocycles. The van der Waals surface area contributed by atoms with E-state index >= 15 is 0 Å². The SMILES string of the molecule is CCN(CC)C(=O)c1ccc2c(c1)C1C=CCC1C(c1ccc(OC)c(OC)c1)N2. The summed E-state index contributed by atoms with van der Waals surface area (Å²) in [7, 11) is 3.32. The lowest BCUT2D eigenvalue weighted by atomic mass is 9.76. The third-order valence-corrected chi connectivity index (χ3v) is 6.43. The van der Waals surface area contributed by atoms with E-state index in [9.17, 15) is 4.79 Å². The number of carbonyl (C=O) groups excluding carboxylic acids is 1. The van der Waals surface area contributed by atoms with Crippen molar-refractivity contribution in [2.24, 2.45) is 5.92 Å². The molecule has 3 atom stereocenters. The largest absolute Gasteiger partial charge is 0.493 e. The van der Waals surface area contributed by atoms with Crippen LogP contribution in [0.25, 0.3) is 0 Å². The topological polar surface area (TPSA) is 50.8 Å². The normalized spacial score (nSPS) is 21.4. The van der Waals surface area contributed by atoms with Gasteiger partial charge in [-0.05, 0) is 67.6 Å². The Kier molecular flexibility index (Phi) is 5.71. The van der Waals surface area contributed by atoms with Crippen LogP contribution in [0.15, 0.2) is 48.6 Å². The minimum Gasteiger partial charge on any atom is -0.493 e. The Morgan fingerprint density at radius 2 is 1.83 bits per heavy atom. The van der Waals surface area contributed by atoms with Crippen molar-refractivity contribution >= 4 is 11.6 Å². The number of hydrogen-bond donors (Lipinski definition) is 1. The molecule has 4 rings (SSSR count). The molecule has 0 bridgehead atoms. The van der Waals surface area contributed by atoms with E-state index in [2.05, 4.69) is 41.7 Å². The maximum atomic E-state index is 12.9. The molecule has 1 amide bonds. The molecule has 1 aliphatic heterocycles. The highest BCUT2D eigenvalue weighted by Gasteiger charge is 2.38. The van der Waals surface area contributed by atoms with Crippen molar-refractivity contribution in [2.45, 2.75) is 32.2 Å². The number of hydrogen-bond acceptors (Lipinski definition) is 4. The summed E-state index contributed by atoms with van der Waals surface area (Å²) in [5.41, 5.74) is 4.25. The Labute approximate surface area is 178 Å². The second-order valence-corrected chi connectivity index (χ2v) is 7.87. The molecule has 2 aromatic rings. The zero-order chi connectivity index (χ0) is 21.3. The maximum Gasteiger partial charge on any atom is 0.253 e. The van der Waals surface area contributed by atoms with Gasteiger partial charge >= 0.3 is 0 Å². The van der Waals surface area contributed by atoms with Crippen molar-refractivity contribution in [1.29, 1.82) is 0 Å². The van der Waals surface area contributed by atoms with Crippen molar-refractivity contribution in [3.8, 4) is 11.5 Å². The molecule has 1 N–H and O–H groups in total. The summed E-state index contributed by atoms with van der Waals surface area (Å²) < 4.78 is 10.9. The van der Waals surface area contributed by atoms with Crippen molar-refractivity contribution in [3.63, 3.8) is 0 Å². The monoisotopic (exact) mass is 406 g/mol. The fourth-order valence-electron chi connectivity index (χ4n) is 4.80. The number of fused-ring (bicyclic) bond motifs is 3. The standard InChI is InChI=1S/C25H30N2O3/c1-5-27(6-2)25(28)17-10-12-21-20(14-17)18-8-7-9-19(18)24(26-21)16-11-13-22(29-3)23(15-16)30-4/h7-8,10-15,18-19,24,26H,5-6,9H2,1-4H3. The van der Waals surface area contributed by atoms with Crippen LogP contribution in [-0.4, -0.2) is 38.1 Å². The molecule has 30 heavy (non-hydrogen) atoms. The first kappa shape index (κ1) is 20.3. The summed E-state index contributed by atoms with van der Waals surface area (Å²) in [5.74, 6) is 2.27. The van der Waals surface area contributed by atoms with Crippen LogP contribution in [0.3, 0.4) is 0 Å². The van der Waals surface area contributed by atoms with Crippen molar-refractivity contribution in [2.75, 3.05) is 32.6 Å². The Morgan fingerprint density at radius 1 is 1.07 bits per heavy atom. The van der Waals surface area contributed by atoms with Crippen LogP contribution in [0.5, 0.6) is 11.5 Å². The Hall–Kier alpha value is -2.95. The predicted molar refractivity (Wildman–Crippen MR) is 120 cm³/mol. The number of amides is 1. The lowest BCUT2D eigenvalue weighted by Crippen LogP contribution is -2.32. The van der Waals surface area contributed by atoms with E-state index in [4.69, 9.17) is 9.47 Å². The van der Waals surface area contributed by atoms with Gasteiger partial charge in [0.15, 0.2) is 11.5 Å². The van der Waals surface area contributed by atoms with E-state index in [-0.39, 0.29) is 11.9 Å². The molecule has 0 fully saturated rings. The lowest BCUT2D eigenvalue weighted by Gasteiger charge is -2.38. The predicted octanol–water partition coefficient (Wildman–Crippen LogP) is 5.01. The molecule has 2 aromatic carbocycles. The van der Waals surface area contributed by atoms with Crippen molar-refractivity contribution < 1.29 is 14.3 Å². The number of anilines is 1. The Morgan fingerprint density at radius 3 is 2.53 bits per heavy atom. The van der Waals surface area contributed by atoms with Gasteiger partial charge in [0.25, 0.3) is 5.91 Å². The van der Waals surface area contributed by atoms with Crippen molar-refractivity contribution in [3.05, 3.63) is 65.2 Å². The molecular formula is C25H30N2O3. The summed E-state index contributed by atoms with van der Waals surface area (Å²) >= 11 is 0. The minimum absolute atomic E-state index is 0.100. The van der Waals surface area contributed by atoms with Crippen LogP contribution >= 0.6 is 0 Å². The molecular weight excluding hydrogens is 376 g/mol. The van der Waals surface area contributed by atoms with Crippen LogP contribution in [0.1, 0.15) is 53.7 Å². The van der Waals surface area contributed by atoms with Gasteiger partial charge in [0, 0.05) is 30.3 Å². The lowest BCUT2D eigenvalue weighted by molar-refractivity contribution is 0.0773. The van der Waals surface area contributed by atoms with Crippen LogP contribution in [0.4, 0.5) is 5.69 Å². The maximum absolute atomic E-state index is 12.9. The summed E-state index contributed by atoms with van der Waals surface area (Å²) in [5, 5.41) is 3.74. The smallest absolute Gasteiger partial charge is 0.253 e. The van der Waals surface area contributed by atoms with Gasteiger partial charge in [-0.15, -0.1) is 0 Å². The fraction of sp³-hybridized carbons (Fsp3) is 0.400. The van der Waals surface area contributed by atoms with E-state index in [1.807, 2.05) is 30.9 Å². The van der Waals surface area contributed by atoms with Gasteiger partial charge in [-0.2, -0.15) is 0 Å². The second kappa shape index (κ2) is 8.42. The number of nitrogens with zero attached hydrogens (tertiary/aromatic N) is 1. The summed E-state index contributed by atoms with van der Waals surface area (Å²) in [6, 6.07) is 12.4. The first-order valence-electron chi connectivity index (χ1n) is 10.7. The Bertz CT molecular complexity index is 965. The molecule has 158 valence electrons. The molecule has 1 heterocycles. The molecule has 0 spiro atoms. The summed E-state index contributed by atoms with van der Waals surface area (Å²) in [4.78, 5) is 14.7.